The molecule has 0 aromatic carbocycles. The number of hydrogen-bond donors (Lipinski definition) is 3. The minimum atomic E-state index is -3.56. The second-order valence-electron chi connectivity index (χ2n) is 3.84. The lowest BCUT2D eigenvalue weighted by molar-refractivity contribution is -0.138. The van der Waals surface area contributed by atoms with Crippen LogP contribution in [0, 0.1) is 0 Å². The average molecular weight is 245 g/mol. The number of hydrogen-bond acceptors (Lipinski definition) is 4. The van der Waals surface area contributed by atoms with Crippen LogP contribution in [-0.4, -0.2) is 41.2 Å². The molecule has 0 radical (unpaired) electrons. The van der Waals surface area contributed by atoms with E-state index in [9.17, 15) is 13.6 Å². The highest BCUT2D eigenvalue weighted by Crippen LogP contribution is 2.20. The standard InChI is InChI=1S/C9H13F2N5O/c10-9(11,5-12)8(17)15-7-1-2-14-16(7)6-3-13-4-6/h1-2,6,13H,3-5,12H2,(H,15,17). The molecule has 94 valence electrons. The molecule has 1 aromatic rings. The fraction of sp³-hybridized carbons (Fsp3) is 0.556. The highest BCUT2D eigenvalue weighted by atomic mass is 19.3. The first kappa shape index (κ1) is 11.9. The van der Waals surface area contributed by atoms with E-state index in [4.69, 9.17) is 5.73 Å². The van der Waals surface area contributed by atoms with Gasteiger partial charge in [-0.3, -0.25) is 4.79 Å². The highest BCUT2D eigenvalue weighted by Gasteiger charge is 2.37. The lowest BCUT2D eigenvalue weighted by atomic mass is 10.2. The molecule has 1 aliphatic heterocycles. The molecule has 0 atom stereocenters. The lowest BCUT2D eigenvalue weighted by Crippen LogP contribution is -2.45. The van der Waals surface area contributed by atoms with Crippen molar-refractivity contribution in [3.05, 3.63) is 12.3 Å². The molecular weight excluding hydrogens is 232 g/mol. The Balaban J connectivity index is 2.08. The summed E-state index contributed by atoms with van der Waals surface area (Å²) in [5.41, 5.74) is 4.83. The summed E-state index contributed by atoms with van der Waals surface area (Å²) in [5, 5.41) is 9.15. The SMILES string of the molecule is NCC(F)(F)C(=O)Nc1ccnn1C1CNC1. The molecule has 17 heavy (non-hydrogen) atoms. The van der Waals surface area contributed by atoms with Crippen molar-refractivity contribution in [3.8, 4) is 0 Å². The van der Waals surface area contributed by atoms with Gasteiger partial charge in [0.25, 0.3) is 5.91 Å². The molecule has 1 aromatic heterocycles. The predicted molar refractivity (Wildman–Crippen MR) is 56.8 cm³/mol. The van der Waals surface area contributed by atoms with E-state index in [1.165, 1.54) is 16.9 Å². The summed E-state index contributed by atoms with van der Waals surface area (Å²) in [6.45, 7) is 0.396. The van der Waals surface area contributed by atoms with Crippen molar-refractivity contribution in [3.63, 3.8) is 0 Å². The Kier molecular flexibility index (Phi) is 3.07. The second-order valence-corrected chi connectivity index (χ2v) is 3.84. The summed E-state index contributed by atoms with van der Waals surface area (Å²) >= 11 is 0. The van der Waals surface area contributed by atoms with Crippen molar-refractivity contribution in [2.45, 2.75) is 12.0 Å². The van der Waals surface area contributed by atoms with E-state index < -0.39 is 18.4 Å². The minimum absolute atomic E-state index is 0.0896. The van der Waals surface area contributed by atoms with Gasteiger partial charge in [0.1, 0.15) is 5.82 Å². The zero-order valence-corrected chi connectivity index (χ0v) is 8.99. The highest BCUT2D eigenvalue weighted by molar-refractivity contribution is 5.95. The van der Waals surface area contributed by atoms with Gasteiger partial charge in [-0.1, -0.05) is 0 Å². The summed E-state index contributed by atoms with van der Waals surface area (Å²) in [6.07, 6.45) is 1.45. The van der Waals surface area contributed by atoms with Gasteiger partial charge in [0.05, 0.1) is 18.8 Å². The fourth-order valence-corrected chi connectivity index (χ4v) is 1.45. The summed E-state index contributed by atoms with van der Waals surface area (Å²) in [4.78, 5) is 11.2. The summed E-state index contributed by atoms with van der Waals surface area (Å²) in [7, 11) is 0. The van der Waals surface area contributed by atoms with Crippen LogP contribution < -0.4 is 16.4 Å². The predicted octanol–water partition coefficient (Wildman–Crippen LogP) is -0.440. The van der Waals surface area contributed by atoms with Crippen LogP contribution in [0.5, 0.6) is 0 Å². The number of nitrogens with zero attached hydrogens (tertiary/aromatic N) is 2. The number of anilines is 1. The molecule has 2 heterocycles. The van der Waals surface area contributed by atoms with Crippen molar-refractivity contribution in [1.82, 2.24) is 15.1 Å². The summed E-state index contributed by atoms with van der Waals surface area (Å²) in [5.74, 6) is -4.71. The first-order valence-electron chi connectivity index (χ1n) is 5.18. The Morgan fingerprint density at radius 3 is 2.94 bits per heavy atom. The van der Waals surface area contributed by atoms with Crippen LogP contribution in [0.3, 0.4) is 0 Å². The Labute approximate surface area is 96.2 Å². The third-order valence-electron chi connectivity index (χ3n) is 2.61. The summed E-state index contributed by atoms with van der Waals surface area (Å²) in [6, 6.07) is 1.56. The third kappa shape index (κ3) is 2.27. The van der Waals surface area contributed by atoms with Gasteiger partial charge in [0, 0.05) is 19.2 Å². The number of rotatable bonds is 4. The Bertz CT molecular complexity index is 415. The van der Waals surface area contributed by atoms with E-state index >= 15 is 0 Å². The fourth-order valence-electron chi connectivity index (χ4n) is 1.45. The summed E-state index contributed by atoms with van der Waals surface area (Å²) < 4.78 is 27.5. The van der Waals surface area contributed by atoms with Gasteiger partial charge in [-0.2, -0.15) is 13.9 Å². The number of nitrogens with two attached hydrogens (primary N) is 1. The van der Waals surface area contributed by atoms with E-state index in [1.807, 2.05) is 0 Å². The number of aromatic nitrogens is 2. The van der Waals surface area contributed by atoms with E-state index in [-0.39, 0.29) is 11.9 Å². The van der Waals surface area contributed by atoms with E-state index in [1.54, 1.807) is 0 Å². The molecule has 0 aliphatic carbocycles. The van der Waals surface area contributed by atoms with Crippen LogP contribution in [0.4, 0.5) is 14.6 Å². The van der Waals surface area contributed by atoms with Gasteiger partial charge in [0.15, 0.2) is 0 Å². The Morgan fingerprint density at radius 2 is 2.41 bits per heavy atom. The minimum Gasteiger partial charge on any atom is -0.325 e. The van der Waals surface area contributed by atoms with Gasteiger partial charge in [0.2, 0.25) is 0 Å². The van der Waals surface area contributed by atoms with Crippen molar-refractivity contribution in [2.75, 3.05) is 25.0 Å². The van der Waals surface area contributed by atoms with Gasteiger partial charge in [-0.05, 0) is 0 Å². The molecule has 0 bridgehead atoms. The quantitative estimate of drug-likeness (QED) is 0.671. The number of amides is 1. The first-order valence-corrected chi connectivity index (χ1v) is 5.18. The topological polar surface area (TPSA) is 85.0 Å². The van der Waals surface area contributed by atoms with E-state index in [0.717, 1.165) is 0 Å². The first-order chi connectivity index (χ1) is 8.04. The number of halogens is 2. The Hall–Kier alpha value is -1.54. The number of carbonyl (C=O) groups is 1. The van der Waals surface area contributed by atoms with Gasteiger partial charge in [-0.15, -0.1) is 0 Å². The van der Waals surface area contributed by atoms with Gasteiger partial charge < -0.3 is 16.4 Å². The second kappa shape index (κ2) is 4.38. The third-order valence-corrected chi connectivity index (χ3v) is 2.61. The molecule has 0 saturated carbocycles. The Morgan fingerprint density at radius 1 is 1.71 bits per heavy atom. The molecule has 1 aliphatic rings. The van der Waals surface area contributed by atoms with Crippen LogP contribution in [0.25, 0.3) is 0 Å². The molecule has 4 N–H and O–H groups in total. The van der Waals surface area contributed by atoms with Crippen LogP contribution >= 0.6 is 0 Å². The molecule has 6 nitrogen and oxygen atoms in total. The number of alkyl halides is 2. The maximum atomic E-state index is 13.0. The van der Waals surface area contributed by atoms with Gasteiger partial charge >= 0.3 is 5.92 Å². The van der Waals surface area contributed by atoms with Crippen molar-refractivity contribution in [2.24, 2.45) is 5.73 Å². The normalized spacial score (nSPS) is 16.6. The monoisotopic (exact) mass is 245 g/mol. The molecule has 2 rings (SSSR count). The maximum absolute atomic E-state index is 13.0. The van der Waals surface area contributed by atoms with E-state index in [2.05, 4.69) is 15.7 Å². The molecule has 1 fully saturated rings. The van der Waals surface area contributed by atoms with Crippen molar-refractivity contribution < 1.29 is 13.6 Å². The number of nitrogens with one attached hydrogen (secondary N) is 2. The van der Waals surface area contributed by atoms with Crippen LogP contribution in [0.2, 0.25) is 0 Å². The molecule has 1 amide bonds. The van der Waals surface area contributed by atoms with Crippen LogP contribution in [-0.2, 0) is 4.79 Å². The molecule has 0 unspecified atom stereocenters. The zero-order valence-electron chi connectivity index (χ0n) is 8.99. The van der Waals surface area contributed by atoms with Crippen molar-refractivity contribution >= 4 is 11.7 Å². The van der Waals surface area contributed by atoms with E-state index in [0.29, 0.717) is 13.1 Å². The number of carbonyl (C=O) groups excluding carboxylic acids is 1. The molecule has 0 spiro atoms. The maximum Gasteiger partial charge on any atom is 0.336 e. The molecular formula is C9H13F2N5O. The van der Waals surface area contributed by atoms with Crippen LogP contribution in [0.15, 0.2) is 12.3 Å². The van der Waals surface area contributed by atoms with Gasteiger partial charge in [-0.25, -0.2) is 4.68 Å². The zero-order chi connectivity index (χ0) is 12.5. The largest absolute Gasteiger partial charge is 0.336 e. The molecule has 8 heteroatoms. The molecule has 1 saturated heterocycles. The smallest absolute Gasteiger partial charge is 0.325 e. The van der Waals surface area contributed by atoms with Crippen LogP contribution in [0.1, 0.15) is 6.04 Å². The lowest BCUT2D eigenvalue weighted by Gasteiger charge is -2.29. The van der Waals surface area contributed by atoms with Crippen molar-refractivity contribution in [1.29, 1.82) is 0 Å². The average Bonchev–Trinajstić information content (AvgIpc) is 2.64.